The number of fused-ring (bicyclic) bond motifs is 1. The normalized spacial score (nSPS) is 12.4. The van der Waals surface area contributed by atoms with Gasteiger partial charge >= 0.3 is 0 Å². The smallest absolute Gasteiger partial charge is 0.254 e. The predicted octanol–water partition coefficient (Wildman–Crippen LogP) is 1.56. The van der Waals surface area contributed by atoms with Crippen LogP contribution in [0.3, 0.4) is 0 Å². The first-order valence-corrected chi connectivity index (χ1v) is 6.45. The number of nitrogens with one attached hydrogen (secondary N) is 1. The van der Waals surface area contributed by atoms with Crippen LogP contribution in [0.15, 0.2) is 30.6 Å². The van der Waals surface area contributed by atoms with E-state index in [4.69, 9.17) is 9.47 Å². The van der Waals surface area contributed by atoms with Gasteiger partial charge in [0, 0.05) is 19.3 Å². The standard InChI is InChI=1S/C14H15N3O3/c1-2-17-8-11(7-16-17)14(18)15-6-10-3-4-12-13(5-10)20-9-19-12/h3-5,7-8H,2,6,9H2,1H3,(H,15,18). The zero-order chi connectivity index (χ0) is 13.9. The van der Waals surface area contributed by atoms with Crippen LogP contribution in [0.5, 0.6) is 11.5 Å². The molecule has 0 atom stereocenters. The van der Waals surface area contributed by atoms with E-state index in [1.807, 2.05) is 25.1 Å². The van der Waals surface area contributed by atoms with Gasteiger partial charge in [-0.3, -0.25) is 9.48 Å². The first-order valence-electron chi connectivity index (χ1n) is 6.45. The molecule has 2 heterocycles. The molecule has 20 heavy (non-hydrogen) atoms. The van der Waals surface area contributed by atoms with E-state index in [-0.39, 0.29) is 12.7 Å². The topological polar surface area (TPSA) is 65.4 Å². The average molecular weight is 273 g/mol. The van der Waals surface area contributed by atoms with Crippen LogP contribution < -0.4 is 14.8 Å². The van der Waals surface area contributed by atoms with Gasteiger partial charge in [-0.25, -0.2) is 0 Å². The van der Waals surface area contributed by atoms with Crippen molar-refractivity contribution in [1.29, 1.82) is 0 Å². The Balaban J connectivity index is 1.63. The maximum atomic E-state index is 12.0. The van der Waals surface area contributed by atoms with E-state index < -0.39 is 0 Å². The molecular weight excluding hydrogens is 258 g/mol. The molecule has 0 unspecified atom stereocenters. The number of carbonyl (C=O) groups is 1. The van der Waals surface area contributed by atoms with Crippen LogP contribution in [-0.2, 0) is 13.1 Å². The molecule has 3 rings (SSSR count). The molecular formula is C14H15N3O3. The van der Waals surface area contributed by atoms with Crippen molar-refractivity contribution in [3.05, 3.63) is 41.7 Å². The van der Waals surface area contributed by atoms with Gasteiger partial charge in [0.25, 0.3) is 5.91 Å². The Labute approximate surface area is 116 Å². The Kier molecular flexibility index (Phi) is 3.28. The van der Waals surface area contributed by atoms with Crippen molar-refractivity contribution in [2.24, 2.45) is 0 Å². The van der Waals surface area contributed by atoms with E-state index in [0.29, 0.717) is 12.1 Å². The Morgan fingerprint density at radius 3 is 3.05 bits per heavy atom. The monoisotopic (exact) mass is 273 g/mol. The van der Waals surface area contributed by atoms with Crippen molar-refractivity contribution < 1.29 is 14.3 Å². The van der Waals surface area contributed by atoms with Gasteiger partial charge in [0.05, 0.1) is 11.8 Å². The lowest BCUT2D eigenvalue weighted by atomic mass is 10.2. The fourth-order valence-corrected chi connectivity index (χ4v) is 1.99. The second kappa shape index (κ2) is 5.24. The molecule has 1 N–H and O–H groups in total. The number of aryl methyl sites for hydroxylation is 1. The molecule has 104 valence electrons. The van der Waals surface area contributed by atoms with Crippen molar-refractivity contribution in [2.75, 3.05) is 6.79 Å². The molecule has 0 aliphatic carbocycles. The number of nitrogens with zero attached hydrogens (tertiary/aromatic N) is 2. The largest absolute Gasteiger partial charge is 0.454 e. The number of hydrogen-bond acceptors (Lipinski definition) is 4. The third-order valence-corrected chi connectivity index (χ3v) is 3.11. The SMILES string of the molecule is CCn1cc(C(=O)NCc2ccc3c(c2)OCO3)cn1. The molecule has 6 heteroatoms. The second-order valence-corrected chi connectivity index (χ2v) is 4.45. The van der Waals surface area contributed by atoms with Gasteiger partial charge in [-0.2, -0.15) is 5.10 Å². The molecule has 6 nitrogen and oxygen atoms in total. The number of amides is 1. The summed E-state index contributed by atoms with van der Waals surface area (Å²) in [5.41, 5.74) is 1.53. The van der Waals surface area contributed by atoms with Crippen LogP contribution in [0, 0.1) is 0 Å². The summed E-state index contributed by atoms with van der Waals surface area (Å²) in [4.78, 5) is 12.0. The van der Waals surface area contributed by atoms with Crippen LogP contribution in [0.2, 0.25) is 0 Å². The summed E-state index contributed by atoms with van der Waals surface area (Å²) < 4.78 is 12.3. The summed E-state index contributed by atoms with van der Waals surface area (Å²) in [6, 6.07) is 5.63. The molecule has 0 saturated heterocycles. The van der Waals surface area contributed by atoms with E-state index >= 15 is 0 Å². The fourth-order valence-electron chi connectivity index (χ4n) is 1.99. The van der Waals surface area contributed by atoms with Gasteiger partial charge in [-0.1, -0.05) is 6.07 Å². The molecule has 1 aromatic heterocycles. The molecule has 0 bridgehead atoms. The highest BCUT2D eigenvalue weighted by Gasteiger charge is 2.14. The summed E-state index contributed by atoms with van der Waals surface area (Å²) in [6.07, 6.45) is 3.30. The first kappa shape index (κ1) is 12.5. The minimum Gasteiger partial charge on any atom is -0.454 e. The number of benzene rings is 1. The Morgan fingerprint density at radius 2 is 2.25 bits per heavy atom. The van der Waals surface area contributed by atoms with E-state index in [1.54, 1.807) is 17.1 Å². The molecule has 2 aromatic rings. The van der Waals surface area contributed by atoms with Crippen molar-refractivity contribution in [3.63, 3.8) is 0 Å². The zero-order valence-corrected chi connectivity index (χ0v) is 11.1. The van der Waals surface area contributed by atoms with Gasteiger partial charge in [0.1, 0.15) is 0 Å². The maximum absolute atomic E-state index is 12.0. The van der Waals surface area contributed by atoms with Gasteiger partial charge in [0.2, 0.25) is 6.79 Å². The summed E-state index contributed by atoms with van der Waals surface area (Å²) in [6.45, 7) is 3.41. The second-order valence-electron chi connectivity index (χ2n) is 4.45. The summed E-state index contributed by atoms with van der Waals surface area (Å²) >= 11 is 0. The van der Waals surface area contributed by atoms with E-state index in [1.165, 1.54) is 0 Å². The molecule has 0 radical (unpaired) electrons. The van der Waals surface area contributed by atoms with Crippen molar-refractivity contribution in [1.82, 2.24) is 15.1 Å². The number of hydrogen-bond donors (Lipinski definition) is 1. The van der Waals surface area contributed by atoms with Crippen molar-refractivity contribution in [3.8, 4) is 11.5 Å². The fraction of sp³-hybridized carbons (Fsp3) is 0.286. The number of ether oxygens (including phenoxy) is 2. The molecule has 1 aliphatic heterocycles. The lowest BCUT2D eigenvalue weighted by molar-refractivity contribution is 0.0950. The lowest BCUT2D eigenvalue weighted by Gasteiger charge is -2.05. The van der Waals surface area contributed by atoms with E-state index in [9.17, 15) is 4.79 Å². The first-order chi connectivity index (χ1) is 9.76. The molecule has 1 aliphatic rings. The third-order valence-electron chi connectivity index (χ3n) is 3.11. The van der Waals surface area contributed by atoms with Gasteiger partial charge in [-0.15, -0.1) is 0 Å². The van der Waals surface area contributed by atoms with Crippen LogP contribution in [0.25, 0.3) is 0 Å². The minimum atomic E-state index is -0.137. The predicted molar refractivity (Wildman–Crippen MR) is 71.6 cm³/mol. The summed E-state index contributed by atoms with van der Waals surface area (Å²) in [5.74, 6) is 1.32. The van der Waals surface area contributed by atoms with Gasteiger partial charge in [0.15, 0.2) is 11.5 Å². The third kappa shape index (κ3) is 2.45. The highest BCUT2D eigenvalue weighted by atomic mass is 16.7. The van der Waals surface area contributed by atoms with Gasteiger partial charge in [-0.05, 0) is 24.6 Å². The molecule has 1 amide bonds. The zero-order valence-electron chi connectivity index (χ0n) is 11.1. The molecule has 0 spiro atoms. The van der Waals surface area contributed by atoms with Crippen LogP contribution in [0.4, 0.5) is 0 Å². The number of carbonyl (C=O) groups excluding carboxylic acids is 1. The highest BCUT2D eigenvalue weighted by Crippen LogP contribution is 2.32. The number of aromatic nitrogens is 2. The van der Waals surface area contributed by atoms with Crippen molar-refractivity contribution >= 4 is 5.91 Å². The van der Waals surface area contributed by atoms with Crippen LogP contribution in [-0.4, -0.2) is 22.5 Å². The lowest BCUT2D eigenvalue weighted by Crippen LogP contribution is -2.22. The Morgan fingerprint density at radius 1 is 1.40 bits per heavy atom. The van der Waals surface area contributed by atoms with E-state index in [0.717, 1.165) is 23.6 Å². The maximum Gasteiger partial charge on any atom is 0.254 e. The average Bonchev–Trinajstić information content (AvgIpc) is 3.12. The molecule has 0 fully saturated rings. The highest BCUT2D eigenvalue weighted by molar-refractivity contribution is 5.93. The van der Waals surface area contributed by atoms with Crippen LogP contribution >= 0.6 is 0 Å². The van der Waals surface area contributed by atoms with Gasteiger partial charge < -0.3 is 14.8 Å². The quantitative estimate of drug-likeness (QED) is 0.918. The Bertz CT molecular complexity index is 636. The Hall–Kier alpha value is -2.50. The van der Waals surface area contributed by atoms with Crippen LogP contribution in [0.1, 0.15) is 22.8 Å². The number of rotatable bonds is 4. The molecule has 1 aromatic carbocycles. The molecule has 0 saturated carbocycles. The van der Waals surface area contributed by atoms with Crippen molar-refractivity contribution in [2.45, 2.75) is 20.0 Å². The van der Waals surface area contributed by atoms with E-state index in [2.05, 4.69) is 10.4 Å². The summed E-state index contributed by atoms with van der Waals surface area (Å²) in [7, 11) is 0. The minimum absolute atomic E-state index is 0.137. The summed E-state index contributed by atoms with van der Waals surface area (Å²) in [5, 5.41) is 6.93.